The number of carbonyl (C=O) groups excluding carboxylic acids is 1. The molecule has 1 aromatic rings. The molecule has 1 aliphatic rings. The third-order valence-electron chi connectivity index (χ3n) is 3.96. The van der Waals surface area contributed by atoms with E-state index < -0.39 is 0 Å². The van der Waals surface area contributed by atoms with Gasteiger partial charge in [-0.25, -0.2) is 0 Å². The second-order valence-corrected chi connectivity index (χ2v) is 7.70. The van der Waals surface area contributed by atoms with Crippen LogP contribution in [0.15, 0.2) is 22.7 Å². The second kappa shape index (κ2) is 7.99. The van der Waals surface area contributed by atoms with Crippen LogP contribution in [-0.4, -0.2) is 18.3 Å². The predicted octanol–water partition coefficient (Wildman–Crippen LogP) is 4.83. The molecule has 0 heterocycles. The Hall–Kier alpha value is 0.190. The molecule has 2 rings (SSSR count). The molecule has 0 aromatic heterocycles. The SMILES string of the molecule is O=C(NCC1CCCCC1CCl)c1cc(I)ccc1Br. The highest BCUT2D eigenvalue weighted by Crippen LogP contribution is 2.30. The van der Waals surface area contributed by atoms with E-state index in [0.29, 0.717) is 23.3 Å². The summed E-state index contributed by atoms with van der Waals surface area (Å²) in [4.78, 5) is 12.3. The van der Waals surface area contributed by atoms with Gasteiger partial charge in [-0.1, -0.05) is 12.8 Å². The highest BCUT2D eigenvalue weighted by molar-refractivity contribution is 14.1. The number of halogens is 3. The summed E-state index contributed by atoms with van der Waals surface area (Å²) >= 11 is 11.7. The Morgan fingerprint density at radius 1 is 1.35 bits per heavy atom. The number of benzene rings is 1. The lowest BCUT2D eigenvalue weighted by Crippen LogP contribution is -2.35. The molecule has 20 heavy (non-hydrogen) atoms. The van der Waals surface area contributed by atoms with E-state index >= 15 is 0 Å². The number of rotatable bonds is 4. The summed E-state index contributed by atoms with van der Waals surface area (Å²) in [7, 11) is 0. The number of hydrogen-bond acceptors (Lipinski definition) is 1. The van der Waals surface area contributed by atoms with Gasteiger partial charge in [0.25, 0.3) is 5.91 Å². The summed E-state index contributed by atoms with van der Waals surface area (Å²) < 4.78 is 1.90. The fraction of sp³-hybridized carbons (Fsp3) is 0.533. The first-order valence-electron chi connectivity index (χ1n) is 6.91. The maximum absolute atomic E-state index is 12.3. The molecule has 1 aromatic carbocycles. The lowest BCUT2D eigenvalue weighted by molar-refractivity contribution is 0.0936. The Balaban J connectivity index is 1.96. The number of alkyl halides is 1. The molecule has 0 saturated heterocycles. The van der Waals surface area contributed by atoms with Crippen LogP contribution in [0.4, 0.5) is 0 Å². The molecule has 0 bridgehead atoms. The van der Waals surface area contributed by atoms with E-state index in [-0.39, 0.29) is 5.91 Å². The number of amides is 1. The van der Waals surface area contributed by atoms with Crippen LogP contribution in [0.2, 0.25) is 0 Å². The van der Waals surface area contributed by atoms with Gasteiger partial charge in [-0.15, -0.1) is 11.6 Å². The zero-order valence-electron chi connectivity index (χ0n) is 11.2. The standard InChI is InChI=1S/C15H18BrClINO/c16-14-6-5-12(18)7-13(14)15(20)19-9-11-4-2-1-3-10(11)8-17/h5-7,10-11H,1-4,8-9H2,(H,19,20). The summed E-state index contributed by atoms with van der Waals surface area (Å²) in [5.74, 6) is 1.76. The van der Waals surface area contributed by atoms with E-state index in [1.54, 1.807) is 0 Å². The molecule has 0 radical (unpaired) electrons. The van der Waals surface area contributed by atoms with Crippen molar-refractivity contribution in [1.82, 2.24) is 5.32 Å². The van der Waals surface area contributed by atoms with Crippen molar-refractivity contribution in [3.05, 3.63) is 31.8 Å². The molecule has 1 amide bonds. The zero-order chi connectivity index (χ0) is 14.5. The molecule has 2 atom stereocenters. The Bertz CT molecular complexity index is 483. The molecule has 1 N–H and O–H groups in total. The summed E-state index contributed by atoms with van der Waals surface area (Å²) in [6.45, 7) is 0.730. The Kier molecular flexibility index (Phi) is 6.62. The molecule has 0 spiro atoms. The molecular formula is C15H18BrClINO. The lowest BCUT2D eigenvalue weighted by Gasteiger charge is -2.30. The van der Waals surface area contributed by atoms with E-state index in [1.165, 1.54) is 25.7 Å². The van der Waals surface area contributed by atoms with E-state index in [4.69, 9.17) is 11.6 Å². The van der Waals surface area contributed by atoms with Gasteiger partial charge in [-0.2, -0.15) is 0 Å². The molecule has 110 valence electrons. The third kappa shape index (κ3) is 4.34. The average molecular weight is 471 g/mol. The molecule has 1 saturated carbocycles. The van der Waals surface area contributed by atoms with Gasteiger partial charge in [0.1, 0.15) is 0 Å². The topological polar surface area (TPSA) is 29.1 Å². The summed E-state index contributed by atoms with van der Waals surface area (Å²) in [5.41, 5.74) is 0.704. The van der Waals surface area contributed by atoms with Crippen molar-refractivity contribution in [3.8, 4) is 0 Å². The maximum Gasteiger partial charge on any atom is 0.252 e. The van der Waals surface area contributed by atoms with Gasteiger partial charge in [-0.05, 0) is 81.4 Å². The zero-order valence-corrected chi connectivity index (χ0v) is 15.7. The summed E-state index contributed by atoms with van der Waals surface area (Å²) in [5, 5.41) is 3.07. The molecule has 1 aliphatic carbocycles. The third-order valence-corrected chi connectivity index (χ3v) is 5.72. The van der Waals surface area contributed by atoms with E-state index in [1.807, 2.05) is 18.2 Å². The largest absolute Gasteiger partial charge is 0.352 e. The summed E-state index contributed by atoms with van der Waals surface area (Å²) in [6.07, 6.45) is 4.88. The summed E-state index contributed by atoms with van der Waals surface area (Å²) in [6, 6.07) is 5.80. The highest BCUT2D eigenvalue weighted by atomic mass is 127. The van der Waals surface area contributed by atoms with Crippen molar-refractivity contribution in [1.29, 1.82) is 0 Å². The van der Waals surface area contributed by atoms with Crippen LogP contribution < -0.4 is 5.32 Å². The van der Waals surface area contributed by atoms with Crippen molar-refractivity contribution in [2.24, 2.45) is 11.8 Å². The number of nitrogens with one attached hydrogen (secondary N) is 1. The monoisotopic (exact) mass is 469 g/mol. The molecule has 2 unspecified atom stereocenters. The molecular weight excluding hydrogens is 452 g/mol. The van der Waals surface area contributed by atoms with Crippen LogP contribution in [0, 0.1) is 15.4 Å². The van der Waals surface area contributed by atoms with Crippen LogP contribution >= 0.6 is 50.1 Å². The minimum absolute atomic E-state index is 0.00529. The minimum atomic E-state index is -0.00529. The van der Waals surface area contributed by atoms with Crippen LogP contribution in [-0.2, 0) is 0 Å². The fourth-order valence-corrected chi connectivity index (χ4v) is 4.07. The maximum atomic E-state index is 12.3. The van der Waals surface area contributed by atoms with E-state index in [2.05, 4.69) is 43.8 Å². The van der Waals surface area contributed by atoms with E-state index in [0.717, 1.165) is 14.6 Å². The van der Waals surface area contributed by atoms with E-state index in [9.17, 15) is 4.79 Å². The van der Waals surface area contributed by atoms with Crippen LogP contribution in [0.25, 0.3) is 0 Å². The van der Waals surface area contributed by atoms with Crippen molar-refractivity contribution >= 4 is 56.0 Å². The number of carbonyl (C=O) groups is 1. The minimum Gasteiger partial charge on any atom is -0.352 e. The molecule has 5 heteroatoms. The van der Waals surface area contributed by atoms with Gasteiger partial charge >= 0.3 is 0 Å². The van der Waals surface area contributed by atoms with Gasteiger partial charge < -0.3 is 5.32 Å². The fourth-order valence-electron chi connectivity index (χ4n) is 2.75. The molecule has 1 fully saturated rings. The molecule has 2 nitrogen and oxygen atoms in total. The first-order valence-corrected chi connectivity index (χ1v) is 9.31. The Morgan fingerprint density at radius 3 is 2.75 bits per heavy atom. The first kappa shape index (κ1) is 16.6. The highest BCUT2D eigenvalue weighted by Gasteiger charge is 2.25. The van der Waals surface area contributed by atoms with Crippen LogP contribution in [0.5, 0.6) is 0 Å². The smallest absolute Gasteiger partial charge is 0.252 e. The van der Waals surface area contributed by atoms with Crippen molar-refractivity contribution < 1.29 is 4.79 Å². The first-order chi connectivity index (χ1) is 9.61. The van der Waals surface area contributed by atoms with Crippen LogP contribution in [0.1, 0.15) is 36.0 Å². The van der Waals surface area contributed by atoms with Crippen molar-refractivity contribution in [2.75, 3.05) is 12.4 Å². The predicted molar refractivity (Wildman–Crippen MR) is 95.4 cm³/mol. The van der Waals surface area contributed by atoms with Gasteiger partial charge in [0.2, 0.25) is 0 Å². The molecule has 0 aliphatic heterocycles. The van der Waals surface area contributed by atoms with Gasteiger partial charge in [0, 0.05) is 20.5 Å². The van der Waals surface area contributed by atoms with Crippen molar-refractivity contribution in [3.63, 3.8) is 0 Å². The number of hydrogen-bond donors (Lipinski definition) is 1. The van der Waals surface area contributed by atoms with Crippen molar-refractivity contribution in [2.45, 2.75) is 25.7 Å². The lowest BCUT2D eigenvalue weighted by atomic mass is 9.80. The van der Waals surface area contributed by atoms with Crippen LogP contribution in [0.3, 0.4) is 0 Å². The van der Waals surface area contributed by atoms with Gasteiger partial charge in [0.15, 0.2) is 0 Å². The normalized spacial score (nSPS) is 22.6. The quantitative estimate of drug-likeness (QED) is 0.496. The average Bonchev–Trinajstić information content (AvgIpc) is 2.47. The Labute approximate surface area is 147 Å². The second-order valence-electron chi connectivity index (χ2n) is 5.29. The van der Waals surface area contributed by atoms with Gasteiger partial charge in [0.05, 0.1) is 5.56 Å². The van der Waals surface area contributed by atoms with Gasteiger partial charge in [-0.3, -0.25) is 4.79 Å². The Morgan fingerprint density at radius 2 is 2.05 bits per heavy atom.